The Bertz CT molecular complexity index is 556. The van der Waals surface area contributed by atoms with Crippen molar-refractivity contribution in [2.45, 2.75) is 13.2 Å². The normalized spacial score (nSPS) is 13.4. The number of rotatable bonds is 2. The lowest BCUT2D eigenvalue weighted by atomic mass is 10.00. The topological polar surface area (TPSA) is 26.3 Å². The first-order valence-corrected chi connectivity index (χ1v) is 5.62. The summed E-state index contributed by atoms with van der Waals surface area (Å²) >= 11 is 0. The molecular weight excluding hydrogens is 212 g/mol. The SMILES string of the molecule is O=Cc1ccc(-c2ccc3c(c2)COC3)cc1. The summed E-state index contributed by atoms with van der Waals surface area (Å²) in [6.07, 6.45) is 0.861. The molecule has 84 valence electrons. The smallest absolute Gasteiger partial charge is 0.150 e. The van der Waals surface area contributed by atoms with Crippen LogP contribution < -0.4 is 0 Å². The fourth-order valence-corrected chi connectivity index (χ4v) is 2.11. The van der Waals surface area contributed by atoms with E-state index in [1.54, 1.807) is 0 Å². The summed E-state index contributed by atoms with van der Waals surface area (Å²) in [6, 6.07) is 14.0. The first kappa shape index (κ1) is 10.2. The van der Waals surface area contributed by atoms with Gasteiger partial charge in [0.25, 0.3) is 0 Å². The third-order valence-electron chi connectivity index (χ3n) is 3.10. The van der Waals surface area contributed by atoms with Crippen molar-refractivity contribution in [3.63, 3.8) is 0 Å². The molecule has 1 heterocycles. The molecular formula is C15H12O2. The highest BCUT2D eigenvalue weighted by atomic mass is 16.5. The molecule has 1 aliphatic heterocycles. The molecule has 0 aliphatic carbocycles. The van der Waals surface area contributed by atoms with E-state index in [0.29, 0.717) is 12.2 Å². The molecule has 3 rings (SSSR count). The molecule has 2 aromatic carbocycles. The molecule has 0 bridgehead atoms. The van der Waals surface area contributed by atoms with Gasteiger partial charge in [0, 0.05) is 5.56 Å². The van der Waals surface area contributed by atoms with Crippen molar-refractivity contribution in [3.8, 4) is 11.1 Å². The number of benzene rings is 2. The van der Waals surface area contributed by atoms with Gasteiger partial charge in [-0.05, 0) is 28.3 Å². The molecule has 0 N–H and O–H groups in total. The fourth-order valence-electron chi connectivity index (χ4n) is 2.11. The van der Waals surface area contributed by atoms with Crippen LogP contribution in [0, 0.1) is 0 Å². The van der Waals surface area contributed by atoms with E-state index < -0.39 is 0 Å². The van der Waals surface area contributed by atoms with Gasteiger partial charge in [-0.15, -0.1) is 0 Å². The van der Waals surface area contributed by atoms with Crippen LogP contribution in [0.4, 0.5) is 0 Å². The summed E-state index contributed by atoms with van der Waals surface area (Å²) in [7, 11) is 0. The highest BCUT2D eigenvalue weighted by Gasteiger charge is 2.11. The Labute approximate surface area is 99.9 Å². The Kier molecular flexibility index (Phi) is 2.50. The summed E-state index contributed by atoms with van der Waals surface area (Å²) in [5.41, 5.74) is 5.55. The van der Waals surface area contributed by atoms with Crippen molar-refractivity contribution in [2.24, 2.45) is 0 Å². The monoisotopic (exact) mass is 224 g/mol. The molecule has 0 saturated carbocycles. The second kappa shape index (κ2) is 4.15. The molecule has 0 atom stereocenters. The molecule has 2 nitrogen and oxygen atoms in total. The number of fused-ring (bicyclic) bond motifs is 1. The molecule has 2 aromatic rings. The third-order valence-corrected chi connectivity index (χ3v) is 3.10. The largest absolute Gasteiger partial charge is 0.372 e. The van der Waals surface area contributed by atoms with Gasteiger partial charge in [0.15, 0.2) is 0 Å². The first-order chi connectivity index (χ1) is 8.36. The van der Waals surface area contributed by atoms with Crippen molar-refractivity contribution in [2.75, 3.05) is 0 Å². The number of carbonyl (C=O) groups excluding carboxylic acids is 1. The number of hydrogen-bond acceptors (Lipinski definition) is 2. The van der Waals surface area contributed by atoms with Gasteiger partial charge in [-0.3, -0.25) is 4.79 Å². The van der Waals surface area contributed by atoms with E-state index >= 15 is 0 Å². The average Bonchev–Trinajstić information content (AvgIpc) is 2.86. The predicted octanol–water partition coefficient (Wildman–Crippen LogP) is 3.20. The van der Waals surface area contributed by atoms with Crippen LogP contribution in [0.5, 0.6) is 0 Å². The quantitative estimate of drug-likeness (QED) is 0.732. The average molecular weight is 224 g/mol. The van der Waals surface area contributed by atoms with E-state index in [4.69, 9.17) is 4.74 Å². The Morgan fingerprint density at radius 3 is 2.35 bits per heavy atom. The zero-order valence-corrected chi connectivity index (χ0v) is 9.35. The predicted molar refractivity (Wildman–Crippen MR) is 65.8 cm³/mol. The van der Waals surface area contributed by atoms with Gasteiger partial charge in [0.05, 0.1) is 13.2 Å². The van der Waals surface area contributed by atoms with Crippen LogP contribution in [0.3, 0.4) is 0 Å². The van der Waals surface area contributed by atoms with E-state index in [2.05, 4.69) is 18.2 Å². The maximum Gasteiger partial charge on any atom is 0.150 e. The highest BCUT2D eigenvalue weighted by Crippen LogP contribution is 2.26. The fraction of sp³-hybridized carbons (Fsp3) is 0.133. The van der Waals surface area contributed by atoms with E-state index in [1.807, 2.05) is 24.3 Å². The number of aldehydes is 1. The van der Waals surface area contributed by atoms with Crippen molar-refractivity contribution in [1.82, 2.24) is 0 Å². The lowest BCUT2D eigenvalue weighted by molar-refractivity contribution is 0.112. The zero-order valence-electron chi connectivity index (χ0n) is 9.35. The van der Waals surface area contributed by atoms with Crippen LogP contribution >= 0.6 is 0 Å². The second-order valence-electron chi connectivity index (χ2n) is 4.22. The third kappa shape index (κ3) is 1.87. The Morgan fingerprint density at radius 1 is 0.882 bits per heavy atom. The minimum absolute atomic E-state index is 0.704. The van der Waals surface area contributed by atoms with Crippen LogP contribution in [0.15, 0.2) is 42.5 Å². The molecule has 2 heteroatoms. The number of hydrogen-bond donors (Lipinski definition) is 0. The van der Waals surface area contributed by atoms with E-state index in [1.165, 1.54) is 16.7 Å². The van der Waals surface area contributed by atoms with Crippen molar-refractivity contribution in [3.05, 3.63) is 59.2 Å². The van der Waals surface area contributed by atoms with Crippen molar-refractivity contribution in [1.29, 1.82) is 0 Å². The molecule has 0 fully saturated rings. The molecule has 1 aliphatic rings. The highest BCUT2D eigenvalue weighted by molar-refractivity contribution is 5.77. The summed E-state index contributed by atoms with van der Waals surface area (Å²) in [4.78, 5) is 10.6. The lowest BCUT2D eigenvalue weighted by Crippen LogP contribution is -1.85. The summed E-state index contributed by atoms with van der Waals surface area (Å²) < 4.78 is 5.40. The minimum Gasteiger partial charge on any atom is -0.372 e. The molecule has 0 unspecified atom stereocenters. The summed E-state index contributed by atoms with van der Waals surface area (Å²) in [5, 5.41) is 0. The van der Waals surface area contributed by atoms with Crippen molar-refractivity contribution < 1.29 is 9.53 Å². The van der Waals surface area contributed by atoms with Crippen molar-refractivity contribution >= 4 is 6.29 Å². The Hall–Kier alpha value is -1.93. The van der Waals surface area contributed by atoms with Gasteiger partial charge in [-0.2, -0.15) is 0 Å². The summed E-state index contributed by atoms with van der Waals surface area (Å²) in [5.74, 6) is 0. The second-order valence-corrected chi connectivity index (χ2v) is 4.22. The van der Waals surface area contributed by atoms with Crippen LogP contribution in [0.2, 0.25) is 0 Å². The molecule has 0 saturated heterocycles. The summed E-state index contributed by atoms with van der Waals surface area (Å²) in [6.45, 7) is 1.43. The van der Waals surface area contributed by atoms with Crippen LogP contribution in [-0.2, 0) is 18.0 Å². The molecule has 0 amide bonds. The van der Waals surface area contributed by atoms with Crippen LogP contribution in [0.1, 0.15) is 21.5 Å². The zero-order chi connectivity index (χ0) is 11.7. The van der Waals surface area contributed by atoms with Gasteiger partial charge in [0.2, 0.25) is 0 Å². The Balaban J connectivity index is 2.00. The molecule has 0 radical (unpaired) electrons. The minimum atomic E-state index is 0.704. The van der Waals surface area contributed by atoms with E-state index in [-0.39, 0.29) is 0 Å². The lowest BCUT2D eigenvalue weighted by Gasteiger charge is -2.04. The maximum atomic E-state index is 10.6. The van der Waals surface area contributed by atoms with E-state index in [0.717, 1.165) is 18.5 Å². The molecule has 17 heavy (non-hydrogen) atoms. The maximum absolute atomic E-state index is 10.6. The van der Waals surface area contributed by atoms with Gasteiger partial charge < -0.3 is 4.74 Å². The molecule has 0 aromatic heterocycles. The number of ether oxygens (including phenoxy) is 1. The standard InChI is InChI=1S/C15H12O2/c16-8-11-1-3-12(4-2-11)13-5-6-14-9-17-10-15(14)7-13/h1-8H,9-10H2. The van der Waals surface area contributed by atoms with Gasteiger partial charge in [-0.1, -0.05) is 36.4 Å². The van der Waals surface area contributed by atoms with E-state index in [9.17, 15) is 4.79 Å². The molecule has 0 spiro atoms. The van der Waals surface area contributed by atoms with Crippen LogP contribution in [0.25, 0.3) is 11.1 Å². The first-order valence-electron chi connectivity index (χ1n) is 5.62. The van der Waals surface area contributed by atoms with Gasteiger partial charge >= 0.3 is 0 Å². The van der Waals surface area contributed by atoms with Gasteiger partial charge in [-0.25, -0.2) is 0 Å². The number of carbonyl (C=O) groups is 1. The van der Waals surface area contributed by atoms with Crippen LogP contribution in [-0.4, -0.2) is 6.29 Å². The Morgan fingerprint density at radius 2 is 1.59 bits per heavy atom. The van der Waals surface area contributed by atoms with Gasteiger partial charge in [0.1, 0.15) is 6.29 Å².